The average Bonchev–Trinajstić information content (AvgIpc) is 2.93. The molecule has 2 heterocycles. The molecule has 0 fully saturated rings. The Labute approximate surface area is 122 Å². The van der Waals surface area contributed by atoms with Crippen LogP contribution in [-0.2, 0) is 11.2 Å². The molecule has 0 aliphatic carbocycles. The van der Waals surface area contributed by atoms with Crippen LogP contribution in [0.4, 0.5) is 11.4 Å². The summed E-state index contributed by atoms with van der Waals surface area (Å²) in [5.74, 6) is -0.247. The van der Waals surface area contributed by atoms with Gasteiger partial charge in [-0.25, -0.2) is 0 Å². The summed E-state index contributed by atoms with van der Waals surface area (Å²) in [7, 11) is 0. The number of anilines is 2. The molecule has 21 heavy (non-hydrogen) atoms. The summed E-state index contributed by atoms with van der Waals surface area (Å²) < 4.78 is 0. The second-order valence-electron chi connectivity index (χ2n) is 4.93. The summed E-state index contributed by atoms with van der Waals surface area (Å²) in [4.78, 5) is 29.6. The van der Waals surface area contributed by atoms with E-state index in [1.807, 2.05) is 18.2 Å². The van der Waals surface area contributed by atoms with Gasteiger partial charge in [0.1, 0.15) is 0 Å². The first-order chi connectivity index (χ1) is 10.2. The Balaban J connectivity index is 1.92. The molecule has 1 aliphatic rings. The molecule has 5 nitrogen and oxygen atoms in total. The van der Waals surface area contributed by atoms with Gasteiger partial charge in [-0.1, -0.05) is 12.1 Å². The van der Waals surface area contributed by atoms with Crippen molar-refractivity contribution in [1.29, 1.82) is 0 Å². The van der Waals surface area contributed by atoms with E-state index in [-0.39, 0.29) is 11.8 Å². The molecule has 1 N–H and O–H groups in total. The Morgan fingerprint density at radius 1 is 1.24 bits per heavy atom. The molecule has 0 unspecified atom stereocenters. The van der Waals surface area contributed by atoms with Crippen LogP contribution in [0.2, 0.25) is 0 Å². The van der Waals surface area contributed by atoms with Crippen LogP contribution in [-0.4, -0.2) is 23.3 Å². The predicted molar refractivity (Wildman–Crippen MR) is 80.4 cm³/mol. The van der Waals surface area contributed by atoms with Gasteiger partial charge in [-0.05, 0) is 30.2 Å². The molecule has 2 aromatic rings. The van der Waals surface area contributed by atoms with E-state index in [0.717, 1.165) is 17.7 Å². The summed E-state index contributed by atoms with van der Waals surface area (Å²) in [6.45, 7) is 2.19. The van der Waals surface area contributed by atoms with Gasteiger partial charge in [-0.15, -0.1) is 0 Å². The fourth-order valence-electron chi connectivity index (χ4n) is 2.56. The fraction of sp³-hybridized carbons (Fsp3) is 0.188. The number of benzene rings is 1. The second-order valence-corrected chi connectivity index (χ2v) is 4.93. The first-order valence-corrected chi connectivity index (χ1v) is 6.78. The molecule has 0 atom stereocenters. The van der Waals surface area contributed by atoms with Gasteiger partial charge in [0.15, 0.2) is 0 Å². The van der Waals surface area contributed by atoms with E-state index in [1.165, 1.54) is 13.1 Å². The van der Waals surface area contributed by atoms with E-state index >= 15 is 0 Å². The van der Waals surface area contributed by atoms with Crippen LogP contribution in [0.5, 0.6) is 0 Å². The smallest absolute Gasteiger partial charge is 0.257 e. The van der Waals surface area contributed by atoms with E-state index in [4.69, 9.17) is 0 Å². The third-order valence-corrected chi connectivity index (χ3v) is 3.55. The maximum absolute atomic E-state index is 12.2. The minimum Gasteiger partial charge on any atom is -0.320 e. The molecule has 0 saturated carbocycles. The van der Waals surface area contributed by atoms with Crippen molar-refractivity contribution in [3.8, 4) is 0 Å². The van der Waals surface area contributed by atoms with Gasteiger partial charge in [0.05, 0.1) is 16.9 Å². The lowest BCUT2D eigenvalue weighted by atomic mass is 10.1. The van der Waals surface area contributed by atoms with Crippen molar-refractivity contribution in [3.05, 3.63) is 53.9 Å². The normalized spacial score (nSPS) is 12.9. The van der Waals surface area contributed by atoms with Gasteiger partial charge in [0.2, 0.25) is 5.91 Å². The van der Waals surface area contributed by atoms with Crippen LogP contribution in [0, 0.1) is 0 Å². The molecule has 5 heteroatoms. The molecule has 0 bridgehead atoms. The molecule has 2 amide bonds. The van der Waals surface area contributed by atoms with Gasteiger partial charge < -0.3 is 10.2 Å². The zero-order valence-corrected chi connectivity index (χ0v) is 11.7. The third kappa shape index (κ3) is 2.50. The summed E-state index contributed by atoms with van der Waals surface area (Å²) in [5, 5.41) is 2.87. The summed E-state index contributed by atoms with van der Waals surface area (Å²) in [6.07, 6.45) is 3.95. The number of nitrogens with one attached hydrogen (secondary N) is 1. The number of pyridine rings is 1. The predicted octanol–water partition coefficient (Wildman–Crippen LogP) is 2.24. The molecule has 0 spiro atoms. The van der Waals surface area contributed by atoms with Crippen LogP contribution >= 0.6 is 0 Å². The van der Waals surface area contributed by atoms with E-state index < -0.39 is 0 Å². The molecule has 1 aromatic carbocycles. The maximum Gasteiger partial charge on any atom is 0.257 e. The second kappa shape index (κ2) is 5.36. The van der Waals surface area contributed by atoms with Crippen molar-refractivity contribution in [2.24, 2.45) is 0 Å². The van der Waals surface area contributed by atoms with Crippen molar-refractivity contribution >= 4 is 23.2 Å². The number of aromatic nitrogens is 1. The highest BCUT2D eigenvalue weighted by molar-refractivity contribution is 6.08. The number of amides is 2. The standard InChI is InChI=1S/C16H15N3O2/c1-11(20)19-9-7-12-4-2-6-14(15(12)19)18-16(21)13-5-3-8-17-10-13/h2-6,8,10H,7,9H2,1H3,(H,18,21). The molecule has 0 saturated heterocycles. The topological polar surface area (TPSA) is 62.3 Å². The van der Waals surface area contributed by atoms with Crippen molar-refractivity contribution in [2.45, 2.75) is 13.3 Å². The number of nitrogens with zero attached hydrogens (tertiary/aromatic N) is 2. The zero-order valence-electron chi connectivity index (χ0n) is 11.7. The average molecular weight is 281 g/mol. The van der Waals surface area contributed by atoms with Gasteiger partial charge in [0.25, 0.3) is 5.91 Å². The van der Waals surface area contributed by atoms with Crippen LogP contribution in [0.1, 0.15) is 22.8 Å². The Morgan fingerprint density at radius 2 is 2.10 bits per heavy atom. The van der Waals surface area contributed by atoms with Crippen molar-refractivity contribution in [3.63, 3.8) is 0 Å². The lowest BCUT2D eigenvalue weighted by Crippen LogP contribution is -2.27. The molecular weight excluding hydrogens is 266 g/mol. The van der Waals surface area contributed by atoms with Crippen LogP contribution < -0.4 is 10.2 Å². The number of para-hydroxylation sites is 1. The molecule has 1 aliphatic heterocycles. The fourth-order valence-corrected chi connectivity index (χ4v) is 2.56. The van der Waals surface area contributed by atoms with Crippen LogP contribution in [0.3, 0.4) is 0 Å². The van der Waals surface area contributed by atoms with Crippen molar-refractivity contribution in [1.82, 2.24) is 4.98 Å². The number of hydrogen-bond donors (Lipinski definition) is 1. The first-order valence-electron chi connectivity index (χ1n) is 6.78. The molecular formula is C16H15N3O2. The molecule has 0 radical (unpaired) electrons. The number of carbonyl (C=O) groups excluding carboxylic acids is 2. The third-order valence-electron chi connectivity index (χ3n) is 3.55. The monoisotopic (exact) mass is 281 g/mol. The Bertz CT molecular complexity index is 698. The highest BCUT2D eigenvalue weighted by atomic mass is 16.2. The first kappa shape index (κ1) is 13.3. The molecule has 106 valence electrons. The maximum atomic E-state index is 12.2. The Hall–Kier alpha value is -2.69. The van der Waals surface area contributed by atoms with Gasteiger partial charge in [-0.3, -0.25) is 14.6 Å². The Kier molecular flexibility index (Phi) is 3.39. The number of rotatable bonds is 2. The van der Waals surface area contributed by atoms with Gasteiger partial charge in [-0.2, -0.15) is 0 Å². The van der Waals surface area contributed by atoms with E-state index in [0.29, 0.717) is 17.8 Å². The minimum absolute atomic E-state index is 0.0168. The summed E-state index contributed by atoms with van der Waals surface area (Å²) >= 11 is 0. The minimum atomic E-state index is -0.230. The van der Waals surface area contributed by atoms with E-state index in [9.17, 15) is 9.59 Å². The highest BCUT2D eigenvalue weighted by Gasteiger charge is 2.25. The van der Waals surface area contributed by atoms with Gasteiger partial charge >= 0.3 is 0 Å². The largest absolute Gasteiger partial charge is 0.320 e. The summed E-state index contributed by atoms with van der Waals surface area (Å²) in [5.41, 5.74) is 3.04. The van der Waals surface area contributed by atoms with Crippen LogP contribution in [0.25, 0.3) is 0 Å². The summed E-state index contributed by atoms with van der Waals surface area (Å²) in [6, 6.07) is 9.11. The van der Waals surface area contributed by atoms with Crippen molar-refractivity contribution in [2.75, 3.05) is 16.8 Å². The lowest BCUT2D eigenvalue weighted by Gasteiger charge is -2.19. The van der Waals surface area contributed by atoms with Crippen LogP contribution in [0.15, 0.2) is 42.7 Å². The molecule has 1 aromatic heterocycles. The SMILES string of the molecule is CC(=O)N1CCc2cccc(NC(=O)c3cccnc3)c21. The number of carbonyl (C=O) groups is 2. The highest BCUT2D eigenvalue weighted by Crippen LogP contribution is 2.35. The van der Waals surface area contributed by atoms with Crippen molar-refractivity contribution < 1.29 is 9.59 Å². The van der Waals surface area contributed by atoms with E-state index in [1.54, 1.807) is 23.2 Å². The quantitative estimate of drug-likeness (QED) is 0.918. The Morgan fingerprint density at radius 3 is 2.81 bits per heavy atom. The van der Waals surface area contributed by atoms with E-state index in [2.05, 4.69) is 10.3 Å². The number of hydrogen-bond acceptors (Lipinski definition) is 3. The lowest BCUT2D eigenvalue weighted by molar-refractivity contribution is -0.116. The van der Waals surface area contributed by atoms with Gasteiger partial charge in [0, 0.05) is 25.9 Å². The molecule has 3 rings (SSSR count). The number of fused-ring (bicyclic) bond motifs is 1. The zero-order chi connectivity index (χ0) is 14.8.